The fourth-order valence-corrected chi connectivity index (χ4v) is 3.26. The summed E-state index contributed by atoms with van der Waals surface area (Å²) in [4.78, 5) is 39.6. The molecule has 2 aromatic rings. The van der Waals surface area contributed by atoms with Gasteiger partial charge in [-0.05, 0) is 0 Å². The second kappa shape index (κ2) is 7.29. The molecule has 0 aliphatic carbocycles. The molecule has 0 radical (unpaired) electrons. The summed E-state index contributed by atoms with van der Waals surface area (Å²) in [6.07, 6.45) is -6.00. The maximum absolute atomic E-state index is 13.4. The molecule has 3 rings (SSSR count). The first-order chi connectivity index (χ1) is 13.0. The number of carboxylic acid groups (broad SMARTS) is 1. The van der Waals surface area contributed by atoms with E-state index in [2.05, 4.69) is 19.7 Å². The highest BCUT2D eigenvalue weighted by molar-refractivity contribution is 7.53. The van der Waals surface area contributed by atoms with Crippen LogP contribution in [0.5, 0.6) is 0 Å². The first-order valence-electron chi connectivity index (χ1n) is 7.57. The Morgan fingerprint density at radius 1 is 1.39 bits per heavy atom. The predicted octanol–water partition coefficient (Wildman–Crippen LogP) is -2.23. The van der Waals surface area contributed by atoms with Gasteiger partial charge in [-0.1, -0.05) is 0 Å². The van der Waals surface area contributed by atoms with Gasteiger partial charge in [0.25, 0.3) is 5.85 Å². The number of aromatic nitrogens is 4. The third-order valence-corrected chi connectivity index (χ3v) is 4.95. The van der Waals surface area contributed by atoms with Crippen LogP contribution < -0.4 is 5.73 Å². The number of aliphatic hydroxyl groups is 2. The molecule has 1 aliphatic heterocycles. The fraction of sp³-hybridized carbons (Fsp3) is 0.500. The first-order valence-corrected chi connectivity index (χ1v) is 9.25. The molecular weight excluding hydrogens is 408 g/mol. The second-order valence-electron chi connectivity index (χ2n) is 5.86. The molecule has 0 spiro atoms. The number of nitrogens with zero attached hydrogens (tertiary/aromatic N) is 4. The average Bonchev–Trinajstić information content (AvgIpc) is 3.09. The molecular formula is C12H15FN5O9P. The van der Waals surface area contributed by atoms with E-state index in [4.69, 9.17) is 25.4 Å². The lowest BCUT2D eigenvalue weighted by atomic mass is 10.1. The third kappa shape index (κ3) is 3.68. The Balaban J connectivity index is 1.81. The van der Waals surface area contributed by atoms with E-state index in [1.165, 1.54) is 0 Å². The number of rotatable bonds is 6. The topological polar surface area (TPSA) is 223 Å². The summed E-state index contributed by atoms with van der Waals surface area (Å²) in [5.74, 6) is -4.66. The summed E-state index contributed by atoms with van der Waals surface area (Å²) < 4.78 is 35.7. The highest BCUT2D eigenvalue weighted by Gasteiger charge is 2.46. The van der Waals surface area contributed by atoms with E-state index >= 15 is 0 Å². The Morgan fingerprint density at radius 2 is 2.07 bits per heavy atom. The molecule has 3 heterocycles. The molecule has 0 unspecified atom stereocenters. The SMILES string of the molecule is Nc1nc(F)nc2c1ncn2[C@@H]1O[C@H](CO[C@@H](C(=O)O)P(=O)(O)O)[C@@H](O)[C@H]1O. The second-order valence-corrected chi connectivity index (χ2v) is 7.51. The summed E-state index contributed by atoms with van der Waals surface area (Å²) in [5, 5.41) is 29.1. The van der Waals surface area contributed by atoms with Crippen molar-refractivity contribution in [2.24, 2.45) is 0 Å². The number of aliphatic carboxylic acids is 1. The van der Waals surface area contributed by atoms with Gasteiger partial charge < -0.3 is 40.3 Å². The standard InChI is InChI=1S/C12H15FN5O9P/c13-12-16-7(14)4-8(17-12)18(2-15-4)9-6(20)5(19)3(27-9)1-26-11(10(21)22)28(23,24)25/h2-3,5-6,9,11,19-20H,1H2,(H,21,22)(H2,14,16,17)(H2,23,24,25)/t3-,5-,6-,9-,11-/m1/s1. The lowest BCUT2D eigenvalue weighted by Crippen LogP contribution is -2.36. The predicted molar refractivity (Wildman–Crippen MR) is 85.0 cm³/mol. The van der Waals surface area contributed by atoms with Crippen molar-refractivity contribution in [3.8, 4) is 0 Å². The van der Waals surface area contributed by atoms with E-state index in [1.807, 2.05) is 0 Å². The van der Waals surface area contributed by atoms with E-state index < -0.39 is 56.6 Å². The number of carbonyl (C=O) groups is 1. The van der Waals surface area contributed by atoms with Crippen LogP contribution in [-0.2, 0) is 18.8 Å². The zero-order chi connectivity index (χ0) is 20.8. The summed E-state index contributed by atoms with van der Waals surface area (Å²) in [6.45, 7) is -0.769. The van der Waals surface area contributed by atoms with Gasteiger partial charge in [0.05, 0.1) is 12.9 Å². The Morgan fingerprint density at radius 3 is 2.68 bits per heavy atom. The van der Waals surface area contributed by atoms with Crippen molar-refractivity contribution in [3.63, 3.8) is 0 Å². The van der Waals surface area contributed by atoms with Crippen LogP contribution in [0.15, 0.2) is 6.33 Å². The molecule has 7 N–H and O–H groups in total. The Hall–Kier alpha value is -2.26. The largest absolute Gasteiger partial charge is 0.479 e. The van der Waals surface area contributed by atoms with Gasteiger partial charge in [-0.3, -0.25) is 9.13 Å². The zero-order valence-corrected chi connectivity index (χ0v) is 14.6. The van der Waals surface area contributed by atoms with E-state index in [-0.39, 0.29) is 17.0 Å². The molecule has 0 amide bonds. The molecule has 154 valence electrons. The molecule has 1 saturated heterocycles. The average molecular weight is 423 g/mol. The maximum atomic E-state index is 13.4. The smallest absolute Gasteiger partial charge is 0.365 e. The Bertz CT molecular complexity index is 951. The van der Waals surface area contributed by atoms with Crippen LogP contribution in [0.1, 0.15) is 6.23 Å². The number of nitrogen functional groups attached to an aromatic ring is 1. The minimum Gasteiger partial charge on any atom is -0.479 e. The van der Waals surface area contributed by atoms with E-state index in [9.17, 15) is 24.0 Å². The number of aliphatic hydroxyl groups excluding tert-OH is 2. The van der Waals surface area contributed by atoms with Crippen molar-refractivity contribution in [1.29, 1.82) is 0 Å². The van der Waals surface area contributed by atoms with Crippen molar-refractivity contribution in [2.45, 2.75) is 30.4 Å². The number of hydrogen-bond donors (Lipinski definition) is 6. The van der Waals surface area contributed by atoms with Crippen LogP contribution in [-0.4, -0.2) is 81.4 Å². The summed E-state index contributed by atoms with van der Waals surface area (Å²) in [7, 11) is -5.14. The lowest BCUT2D eigenvalue weighted by Gasteiger charge is -2.19. The molecule has 28 heavy (non-hydrogen) atoms. The van der Waals surface area contributed by atoms with Crippen molar-refractivity contribution < 1.29 is 48.3 Å². The Labute approximate surface area is 154 Å². The number of nitrogens with two attached hydrogens (primary N) is 1. The van der Waals surface area contributed by atoms with Crippen molar-refractivity contribution in [3.05, 3.63) is 12.4 Å². The molecule has 1 aliphatic rings. The number of imidazole rings is 1. The molecule has 0 saturated carbocycles. The van der Waals surface area contributed by atoms with Crippen LogP contribution in [0, 0.1) is 6.08 Å². The zero-order valence-electron chi connectivity index (χ0n) is 13.7. The summed E-state index contributed by atoms with van der Waals surface area (Å²) >= 11 is 0. The number of ether oxygens (including phenoxy) is 2. The number of anilines is 1. The quantitative estimate of drug-likeness (QED) is 0.214. The maximum Gasteiger partial charge on any atom is 0.365 e. The van der Waals surface area contributed by atoms with Gasteiger partial charge >= 0.3 is 19.6 Å². The van der Waals surface area contributed by atoms with Crippen LogP contribution in [0.3, 0.4) is 0 Å². The number of hydrogen-bond acceptors (Lipinski definition) is 10. The van der Waals surface area contributed by atoms with Gasteiger partial charge in [0.1, 0.15) is 18.3 Å². The summed E-state index contributed by atoms with van der Waals surface area (Å²) in [6, 6.07) is 0. The molecule has 2 aromatic heterocycles. The van der Waals surface area contributed by atoms with Crippen molar-refractivity contribution in [1.82, 2.24) is 19.5 Å². The van der Waals surface area contributed by atoms with Gasteiger partial charge in [-0.25, -0.2) is 9.78 Å². The first kappa shape index (κ1) is 20.5. The number of fused-ring (bicyclic) bond motifs is 1. The third-order valence-electron chi connectivity index (χ3n) is 3.97. The number of halogens is 1. The monoisotopic (exact) mass is 423 g/mol. The lowest BCUT2D eigenvalue weighted by molar-refractivity contribution is -0.149. The number of carboxylic acids is 1. The van der Waals surface area contributed by atoms with Crippen LogP contribution in [0.2, 0.25) is 0 Å². The molecule has 16 heteroatoms. The molecule has 14 nitrogen and oxygen atoms in total. The van der Waals surface area contributed by atoms with Crippen molar-refractivity contribution >= 4 is 30.5 Å². The van der Waals surface area contributed by atoms with Gasteiger partial charge in [0.15, 0.2) is 23.2 Å². The van der Waals surface area contributed by atoms with Crippen LogP contribution >= 0.6 is 7.60 Å². The van der Waals surface area contributed by atoms with E-state index in [0.29, 0.717) is 0 Å². The van der Waals surface area contributed by atoms with Crippen LogP contribution in [0.4, 0.5) is 10.2 Å². The van der Waals surface area contributed by atoms with E-state index in [0.717, 1.165) is 10.9 Å². The molecule has 0 bridgehead atoms. The highest BCUT2D eigenvalue weighted by Crippen LogP contribution is 2.42. The van der Waals surface area contributed by atoms with Gasteiger partial charge in [0.2, 0.25) is 0 Å². The van der Waals surface area contributed by atoms with Gasteiger partial charge in [-0.2, -0.15) is 14.4 Å². The molecule has 5 atom stereocenters. The van der Waals surface area contributed by atoms with Crippen LogP contribution in [0.25, 0.3) is 11.2 Å². The van der Waals surface area contributed by atoms with Gasteiger partial charge in [0, 0.05) is 0 Å². The Kier molecular flexibility index (Phi) is 5.33. The summed E-state index contributed by atoms with van der Waals surface area (Å²) in [5.41, 5.74) is 5.41. The van der Waals surface area contributed by atoms with Crippen molar-refractivity contribution in [2.75, 3.05) is 12.3 Å². The normalized spacial score (nSPS) is 26.6. The molecule has 1 fully saturated rings. The highest BCUT2D eigenvalue weighted by atomic mass is 31.2. The van der Waals surface area contributed by atoms with Gasteiger partial charge in [-0.15, -0.1) is 0 Å². The fourth-order valence-electron chi connectivity index (χ4n) is 2.69. The minimum absolute atomic E-state index is 0.0128. The minimum atomic E-state index is -5.14. The van der Waals surface area contributed by atoms with E-state index in [1.54, 1.807) is 0 Å². The molecule has 0 aromatic carbocycles.